The van der Waals surface area contributed by atoms with Crippen molar-refractivity contribution in [3.63, 3.8) is 0 Å². The summed E-state index contributed by atoms with van der Waals surface area (Å²) in [5.74, 6) is 1.43. The lowest BCUT2D eigenvalue weighted by Gasteiger charge is -2.06. The molecule has 4 nitrogen and oxygen atoms in total. The fourth-order valence-corrected chi connectivity index (χ4v) is 1.93. The molecule has 0 unspecified atom stereocenters. The summed E-state index contributed by atoms with van der Waals surface area (Å²) in [6, 6.07) is 11.2. The Bertz CT molecular complexity index is 634. The van der Waals surface area contributed by atoms with Crippen LogP contribution in [0, 0.1) is 6.92 Å². The maximum absolute atomic E-state index is 6.06. The number of hydrogen-bond donors (Lipinski definition) is 1. The van der Waals surface area contributed by atoms with Crippen LogP contribution in [-0.4, -0.2) is 20.4 Å². The number of benzene rings is 2. The van der Waals surface area contributed by atoms with E-state index < -0.39 is 0 Å². The SMILES string of the molecule is COc1cc(/C=N/Nc2ccc(C)c(Cl)c2)cc(OC)c1. The van der Waals surface area contributed by atoms with Crippen LogP contribution in [0.5, 0.6) is 11.5 Å². The minimum atomic E-state index is 0.707. The lowest BCUT2D eigenvalue weighted by molar-refractivity contribution is 0.394. The minimum absolute atomic E-state index is 0.707. The number of halogens is 1. The smallest absolute Gasteiger partial charge is 0.123 e. The number of methoxy groups -OCH3 is 2. The van der Waals surface area contributed by atoms with Crippen LogP contribution in [0.3, 0.4) is 0 Å². The Hall–Kier alpha value is -2.20. The van der Waals surface area contributed by atoms with Gasteiger partial charge >= 0.3 is 0 Å². The highest BCUT2D eigenvalue weighted by Gasteiger charge is 2.00. The molecule has 21 heavy (non-hydrogen) atoms. The van der Waals surface area contributed by atoms with E-state index in [-0.39, 0.29) is 0 Å². The van der Waals surface area contributed by atoms with Crippen LogP contribution in [-0.2, 0) is 0 Å². The third kappa shape index (κ3) is 4.13. The van der Waals surface area contributed by atoms with Crippen LogP contribution in [0.1, 0.15) is 11.1 Å². The molecule has 0 saturated heterocycles. The van der Waals surface area contributed by atoms with Crippen LogP contribution in [0.2, 0.25) is 5.02 Å². The van der Waals surface area contributed by atoms with Gasteiger partial charge in [0, 0.05) is 16.7 Å². The summed E-state index contributed by atoms with van der Waals surface area (Å²) in [4.78, 5) is 0. The Morgan fingerprint density at radius 2 is 1.71 bits per heavy atom. The predicted molar refractivity (Wildman–Crippen MR) is 87.0 cm³/mol. The molecule has 0 bridgehead atoms. The van der Waals surface area contributed by atoms with Crippen molar-refractivity contribution in [2.45, 2.75) is 6.92 Å². The van der Waals surface area contributed by atoms with E-state index in [0.717, 1.165) is 16.8 Å². The molecule has 0 fully saturated rings. The summed E-state index contributed by atoms with van der Waals surface area (Å²) < 4.78 is 10.4. The molecular weight excluding hydrogens is 288 g/mol. The Morgan fingerprint density at radius 3 is 2.29 bits per heavy atom. The van der Waals surface area contributed by atoms with Gasteiger partial charge in [0.25, 0.3) is 0 Å². The van der Waals surface area contributed by atoms with E-state index in [1.165, 1.54) is 0 Å². The van der Waals surface area contributed by atoms with Crippen molar-refractivity contribution in [3.05, 3.63) is 52.5 Å². The first-order chi connectivity index (χ1) is 10.1. The van der Waals surface area contributed by atoms with Gasteiger partial charge in [0.05, 0.1) is 26.1 Å². The molecule has 0 aromatic heterocycles. The fraction of sp³-hybridized carbons (Fsp3) is 0.188. The third-order valence-corrected chi connectivity index (χ3v) is 3.36. The number of hydrazone groups is 1. The molecule has 0 aliphatic carbocycles. The lowest BCUT2D eigenvalue weighted by Crippen LogP contribution is -1.93. The number of nitrogens with zero attached hydrogens (tertiary/aromatic N) is 1. The van der Waals surface area contributed by atoms with E-state index in [0.29, 0.717) is 16.5 Å². The molecule has 0 radical (unpaired) electrons. The van der Waals surface area contributed by atoms with Crippen molar-refractivity contribution in [3.8, 4) is 11.5 Å². The summed E-state index contributed by atoms with van der Waals surface area (Å²) in [5.41, 5.74) is 5.67. The van der Waals surface area contributed by atoms with Crippen molar-refractivity contribution in [1.82, 2.24) is 0 Å². The van der Waals surface area contributed by atoms with Gasteiger partial charge in [-0.2, -0.15) is 5.10 Å². The monoisotopic (exact) mass is 304 g/mol. The second-order valence-electron chi connectivity index (χ2n) is 4.48. The number of anilines is 1. The zero-order valence-electron chi connectivity index (χ0n) is 12.2. The first kappa shape index (κ1) is 15.2. The Kier molecular flexibility index (Phi) is 5.06. The summed E-state index contributed by atoms with van der Waals surface area (Å²) in [7, 11) is 3.23. The molecule has 0 saturated carbocycles. The molecule has 0 aliphatic rings. The maximum Gasteiger partial charge on any atom is 0.123 e. The van der Waals surface area contributed by atoms with Gasteiger partial charge in [-0.1, -0.05) is 17.7 Å². The highest BCUT2D eigenvalue weighted by Crippen LogP contribution is 2.22. The number of nitrogens with one attached hydrogen (secondary N) is 1. The van der Waals surface area contributed by atoms with E-state index in [1.807, 2.05) is 43.3 Å². The largest absolute Gasteiger partial charge is 0.497 e. The fourth-order valence-electron chi connectivity index (χ4n) is 1.75. The quantitative estimate of drug-likeness (QED) is 0.667. The molecule has 2 aromatic carbocycles. The topological polar surface area (TPSA) is 42.8 Å². The molecule has 5 heteroatoms. The van der Waals surface area contributed by atoms with Gasteiger partial charge in [0.15, 0.2) is 0 Å². The Labute approximate surface area is 129 Å². The molecular formula is C16H17ClN2O2. The molecule has 0 spiro atoms. The molecule has 1 N–H and O–H groups in total. The zero-order valence-corrected chi connectivity index (χ0v) is 12.9. The molecule has 0 heterocycles. The highest BCUT2D eigenvalue weighted by molar-refractivity contribution is 6.31. The van der Waals surface area contributed by atoms with Gasteiger partial charge in [-0.15, -0.1) is 0 Å². The number of rotatable bonds is 5. The van der Waals surface area contributed by atoms with Crippen molar-refractivity contribution >= 4 is 23.5 Å². The van der Waals surface area contributed by atoms with Crippen molar-refractivity contribution in [2.75, 3.05) is 19.6 Å². The lowest BCUT2D eigenvalue weighted by atomic mass is 10.2. The van der Waals surface area contributed by atoms with Gasteiger partial charge in [0.2, 0.25) is 0 Å². The first-order valence-electron chi connectivity index (χ1n) is 6.40. The highest BCUT2D eigenvalue weighted by atomic mass is 35.5. The van der Waals surface area contributed by atoms with Crippen LogP contribution in [0.15, 0.2) is 41.5 Å². The summed E-state index contributed by atoms with van der Waals surface area (Å²) in [6.45, 7) is 1.96. The van der Waals surface area contributed by atoms with Crippen molar-refractivity contribution < 1.29 is 9.47 Å². The van der Waals surface area contributed by atoms with E-state index in [9.17, 15) is 0 Å². The normalized spacial score (nSPS) is 10.7. The molecule has 2 rings (SSSR count). The number of aryl methyl sites for hydroxylation is 1. The van der Waals surface area contributed by atoms with E-state index >= 15 is 0 Å². The van der Waals surface area contributed by atoms with Crippen LogP contribution < -0.4 is 14.9 Å². The van der Waals surface area contributed by atoms with Crippen LogP contribution >= 0.6 is 11.6 Å². The third-order valence-electron chi connectivity index (χ3n) is 2.95. The maximum atomic E-state index is 6.06. The first-order valence-corrected chi connectivity index (χ1v) is 6.78. The number of ether oxygens (including phenoxy) is 2. The van der Waals surface area contributed by atoms with E-state index in [2.05, 4.69) is 10.5 Å². The van der Waals surface area contributed by atoms with Gasteiger partial charge in [-0.25, -0.2) is 0 Å². The second kappa shape index (κ2) is 6.99. The van der Waals surface area contributed by atoms with Crippen LogP contribution in [0.4, 0.5) is 5.69 Å². The molecule has 2 aromatic rings. The second-order valence-corrected chi connectivity index (χ2v) is 4.89. The van der Waals surface area contributed by atoms with Gasteiger partial charge in [-0.05, 0) is 36.8 Å². The minimum Gasteiger partial charge on any atom is -0.497 e. The molecule has 0 aliphatic heterocycles. The van der Waals surface area contributed by atoms with E-state index in [1.54, 1.807) is 20.4 Å². The molecule has 0 amide bonds. The van der Waals surface area contributed by atoms with Gasteiger partial charge in [0.1, 0.15) is 11.5 Å². The average molecular weight is 305 g/mol. The predicted octanol–water partition coefficient (Wildman–Crippen LogP) is 4.11. The van der Waals surface area contributed by atoms with E-state index in [4.69, 9.17) is 21.1 Å². The van der Waals surface area contributed by atoms with Crippen molar-refractivity contribution in [2.24, 2.45) is 5.10 Å². The number of hydrogen-bond acceptors (Lipinski definition) is 4. The molecule has 0 atom stereocenters. The average Bonchev–Trinajstić information content (AvgIpc) is 2.50. The molecule has 110 valence electrons. The Balaban J connectivity index is 2.11. The summed E-state index contributed by atoms with van der Waals surface area (Å²) in [5, 5.41) is 4.90. The standard InChI is InChI=1S/C16H17ClN2O2/c1-11-4-5-13(8-16(11)17)19-18-10-12-6-14(20-2)9-15(7-12)21-3/h4-10,19H,1-3H3/b18-10+. The Morgan fingerprint density at radius 1 is 1.05 bits per heavy atom. The van der Waals surface area contributed by atoms with Crippen LogP contribution in [0.25, 0.3) is 0 Å². The van der Waals surface area contributed by atoms with Crippen molar-refractivity contribution in [1.29, 1.82) is 0 Å². The van der Waals surface area contributed by atoms with Gasteiger partial charge < -0.3 is 9.47 Å². The summed E-state index contributed by atoms with van der Waals surface area (Å²) in [6.07, 6.45) is 1.69. The summed E-state index contributed by atoms with van der Waals surface area (Å²) >= 11 is 6.06. The van der Waals surface area contributed by atoms with Gasteiger partial charge in [-0.3, -0.25) is 5.43 Å². The zero-order chi connectivity index (χ0) is 15.2.